The summed E-state index contributed by atoms with van der Waals surface area (Å²) in [4.78, 5) is 12.1. The van der Waals surface area contributed by atoms with Crippen molar-refractivity contribution < 1.29 is 4.79 Å². The second kappa shape index (κ2) is 4.91. The van der Waals surface area contributed by atoms with Crippen molar-refractivity contribution in [2.45, 2.75) is 13.3 Å². The molecule has 0 atom stereocenters. The Morgan fingerprint density at radius 3 is 2.89 bits per heavy atom. The number of aryl methyl sites for hydroxylation is 2. The highest BCUT2D eigenvalue weighted by atomic mass is 16.2. The number of aromatic nitrogens is 2. The highest BCUT2D eigenvalue weighted by molar-refractivity contribution is 6.06. The van der Waals surface area contributed by atoms with Gasteiger partial charge in [0.05, 0.1) is 11.9 Å². The van der Waals surface area contributed by atoms with Crippen LogP contribution in [0.3, 0.4) is 0 Å². The molecule has 0 aliphatic heterocycles. The molecular weight excluding hydrogens is 228 g/mol. The van der Waals surface area contributed by atoms with Crippen molar-refractivity contribution >= 4 is 17.3 Å². The minimum absolute atomic E-state index is 0.249. The quantitative estimate of drug-likeness (QED) is 0.865. The highest BCUT2D eigenvalue weighted by Gasteiger charge is 2.14. The van der Waals surface area contributed by atoms with Gasteiger partial charge in [-0.2, -0.15) is 5.10 Å². The third kappa shape index (κ3) is 2.34. The van der Waals surface area contributed by atoms with Crippen LogP contribution in [0, 0.1) is 0 Å². The first-order valence-corrected chi connectivity index (χ1v) is 5.79. The topological polar surface area (TPSA) is 72.9 Å². The summed E-state index contributed by atoms with van der Waals surface area (Å²) in [6.07, 6.45) is 2.40. The van der Waals surface area contributed by atoms with Crippen LogP contribution >= 0.6 is 0 Å². The SMILES string of the molecule is CCc1cccc(NC(=O)c2c(N)cnn2C)c1. The maximum Gasteiger partial charge on any atom is 0.276 e. The fourth-order valence-electron chi connectivity index (χ4n) is 1.79. The Hall–Kier alpha value is -2.30. The van der Waals surface area contributed by atoms with Gasteiger partial charge in [-0.15, -0.1) is 0 Å². The average molecular weight is 244 g/mol. The molecule has 0 aliphatic rings. The number of rotatable bonds is 3. The van der Waals surface area contributed by atoms with E-state index in [-0.39, 0.29) is 5.91 Å². The van der Waals surface area contributed by atoms with E-state index in [1.807, 2.05) is 24.3 Å². The van der Waals surface area contributed by atoms with Crippen molar-refractivity contribution in [1.29, 1.82) is 0 Å². The van der Waals surface area contributed by atoms with Crippen molar-refractivity contribution in [1.82, 2.24) is 9.78 Å². The number of nitrogens with zero attached hydrogens (tertiary/aromatic N) is 2. The summed E-state index contributed by atoms with van der Waals surface area (Å²) in [6, 6.07) is 7.74. The minimum atomic E-state index is -0.249. The molecule has 5 nitrogen and oxygen atoms in total. The van der Waals surface area contributed by atoms with E-state index in [4.69, 9.17) is 5.73 Å². The van der Waals surface area contributed by atoms with Crippen LogP contribution in [0.15, 0.2) is 30.5 Å². The van der Waals surface area contributed by atoms with Gasteiger partial charge in [0.1, 0.15) is 5.69 Å². The number of nitrogens with one attached hydrogen (secondary N) is 1. The molecule has 18 heavy (non-hydrogen) atoms. The van der Waals surface area contributed by atoms with Gasteiger partial charge in [-0.3, -0.25) is 9.48 Å². The van der Waals surface area contributed by atoms with Gasteiger partial charge in [0.2, 0.25) is 0 Å². The molecule has 0 bridgehead atoms. The van der Waals surface area contributed by atoms with Crippen LogP contribution in [-0.4, -0.2) is 15.7 Å². The van der Waals surface area contributed by atoms with Gasteiger partial charge in [0, 0.05) is 12.7 Å². The Bertz CT molecular complexity index is 555. The van der Waals surface area contributed by atoms with E-state index in [2.05, 4.69) is 17.3 Å². The molecule has 94 valence electrons. The van der Waals surface area contributed by atoms with Gasteiger partial charge >= 0.3 is 0 Å². The summed E-state index contributed by atoms with van der Waals surface area (Å²) >= 11 is 0. The van der Waals surface area contributed by atoms with Crippen LogP contribution in [0.5, 0.6) is 0 Å². The maximum absolute atomic E-state index is 12.1. The van der Waals surface area contributed by atoms with Crippen LogP contribution in [0.4, 0.5) is 11.4 Å². The first-order chi connectivity index (χ1) is 8.61. The summed E-state index contributed by atoms with van der Waals surface area (Å²) in [7, 11) is 1.69. The molecule has 1 heterocycles. The van der Waals surface area contributed by atoms with E-state index in [0.29, 0.717) is 11.4 Å². The Labute approximate surface area is 106 Å². The second-order valence-corrected chi connectivity index (χ2v) is 4.08. The number of carbonyl (C=O) groups is 1. The Balaban J connectivity index is 2.21. The molecule has 1 aromatic heterocycles. The van der Waals surface area contributed by atoms with E-state index >= 15 is 0 Å². The summed E-state index contributed by atoms with van der Waals surface area (Å²) in [6.45, 7) is 2.07. The second-order valence-electron chi connectivity index (χ2n) is 4.08. The van der Waals surface area contributed by atoms with Crippen LogP contribution in [0.2, 0.25) is 0 Å². The largest absolute Gasteiger partial charge is 0.396 e. The van der Waals surface area contributed by atoms with E-state index < -0.39 is 0 Å². The lowest BCUT2D eigenvalue weighted by molar-refractivity contribution is 0.101. The zero-order valence-electron chi connectivity index (χ0n) is 10.5. The molecule has 1 aromatic carbocycles. The van der Waals surface area contributed by atoms with E-state index in [9.17, 15) is 4.79 Å². The van der Waals surface area contributed by atoms with Crippen molar-refractivity contribution in [3.05, 3.63) is 41.7 Å². The van der Waals surface area contributed by atoms with Crippen molar-refractivity contribution in [3.8, 4) is 0 Å². The summed E-state index contributed by atoms with van der Waals surface area (Å²) < 4.78 is 1.47. The number of nitrogens with two attached hydrogens (primary N) is 1. The number of hydrogen-bond acceptors (Lipinski definition) is 3. The minimum Gasteiger partial charge on any atom is -0.396 e. The average Bonchev–Trinajstić information content (AvgIpc) is 2.69. The van der Waals surface area contributed by atoms with E-state index in [1.165, 1.54) is 16.4 Å². The normalized spacial score (nSPS) is 10.3. The van der Waals surface area contributed by atoms with Gasteiger partial charge in [0.25, 0.3) is 5.91 Å². The van der Waals surface area contributed by atoms with Gasteiger partial charge in [-0.25, -0.2) is 0 Å². The third-order valence-electron chi connectivity index (χ3n) is 2.78. The Morgan fingerprint density at radius 2 is 2.28 bits per heavy atom. The molecule has 5 heteroatoms. The predicted octanol–water partition coefficient (Wildman–Crippen LogP) is 1.82. The molecule has 0 fully saturated rings. The Morgan fingerprint density at radius 1 is 1.50 bits per heavy atom. The van der Waals surface area contributed by atoms with Crippen molar-refractivity contribution in [2.75, 3.05) is 11.1 Å². The fourth-order valence-corrected chi connectivity index (χ4v) is 1.79. The molecule has 0 saturated carbocycles. The number of hydrogen-bond donors (Lipinski definition) is 2. The van der Waals surface area contributed by atoms with Gasteiger partial charge in [-0.1, -0.05) is 19.1 Å². The van der Waals surface area contributed by atoms with Gasteiger partial charge in [-0.05, 0) is 24.1 Å². The zero-order chi connectivity index (χ0) is 13.1. The Kier molecular flexibility index (Phi) is 3.32. The smallest absolute Gasteiger partial charge is 0.276 e. The number of benzene rings is 1. The molecule has 2 aromatic rings. The van der Waals surface area contributed by atoms with Crippen LogP contribution in [0.1, 0.15) is 23.0 Å². The molecule has 0 aliphatic carbocycles. The molecule has 0 unspecified atom stereocenters. The lowest BCUT2D eigenvalue weighted by Crippen LogP contribution is -2.17. The molecule has 0 saturated heterocycles. The lowest BCUT2D eigenvalue weighted by Gasteiger charge is -2.07. The maximum atomic E-state index is 12.1. The van der Waals surface area contributed by atoms with Crippen LogP contribution in [-0.2, 0) is 13.5 Å². The number of anilines is 2. The first-order valence-electron chi connectivity index (χ1n) is 5.79. The van der Waals surface area contributed by atoms with E-state index in [1.54, 1.807) is 7.05 Å². The summed E-state index contributed by atoms with van der Waals surface area (Å²) in [5.74, 6) is -0.249. The molecule has 2 rings (SSSR count). The summed E-state index contributed by atoms with van der Waals surface area (Å²) in [5, 5.41) is 6.76. The third-order valence-corrected chi connectivity index (χ3v) is 2.78. The lowest BCUT2D eigenvalue weighted by atomic mass is 10.1. The molecule has 0 spiro atoms. The van der Waals surface area contributed by atoms with E-state index in [0.717, 1.165) is 12.1 Å². The number of amides is 1. The zero-order valence-corrected chi connectivity index (χ0v) is 10.5. The highest BCUT2D eigenvalue weighted by Crippen LogP contribution is 2.15. The molecule has 0 radical (unpaired) electrons. The molecule has 1 amide bonds. The molecular formula is C13H16N4O. The van der Waals surface area contributed by atoms with Crippen molar-refractivity contribution in [2.24, 2.45) is 7.05 Å². The van der Waals surface area contributed by atoms with Crippen LogP contribution in [0.25, 0.3) is 0 Å². The van der Waals surface area contributed by atoms with Gasteiger partial charge < -0.3 is 11.1 Å². The van der Waals surface area contributed by atoms with Gasteiger partial charge in [0.15, 0.2) is 0 Å². The predicted molar refractivity (Wildman–Crippen MR) is 71.4 cm³/mol. The number of nitrogen functional groups attached to an aromatic ring is 1. The van der Waals surface area contributed by atoms with Crippen LogP contribution < -0.4 is 11.1 Å². The molecule has 3 N–H and O–H groups in total. The standard InChI is InChI=1S/C13H16N4O/c1-3-9-5-4-6-10(7-9)16-13(18)12-11(14)8-15-17(12)2/h4-8H,3,14H2,1-2H3,(H,16,18). The fraction of sp³-hybridized carbons (Fsp3) is 0.231. The summed E-state index contributed by atoms with van der Waals surface area (Å²) in [5.41, 5.74) is 8.39. The first kappa shape index (κ1) is 12.2. The monoisotopic (exact) mass is 244 g/mol. The van der Waals surface area contributed by atoms with Crippen molar-refractivity contribution in [3.63, 3.8) is 0 Å². The number of carbonyl (C=O) groups excluding carboxylic acids is 1.